The molecule has 4 nitrogen and oxygen atoms in total. The summed E-state index contributed by atoms with van der Waals surface area (Å²) in [6, 6.07) is 13.3. The van der Waals surface area contributed by atoms with Crippen LogP contribution in [0.3, 0.4) is 0 Å². The highest BCUT2D eigenvalue weighted by atomic mass is 35.5. The number of benzene rings is 2. The number of hydrogen-bond donors (Lipinski definition) is 1. The third kappa shape index (κ3) is 2.18. The Labute approximate surface area is 121 Å². The maximum atomic E-state index is 6.03. The number of anilines is 1. The molecule has 0 bridgehead atoms. The molecular formula is C15H14ClN3O. The monoisotopic (exact) mass is 287 g/mol. The zero-order chi connectivity index (χ0) is 14.1. The van der Waals surface area contributed by atoms with Gasteiger partial charge in [-0.25, -0.2) is 4.98 Å². The molecule has 3 rings (SSSR count). The molecule has 0 fully saturated rings. The number of nitrogen functional groups attached to an aromatic ring is 1. The van der Waals surface area contributed by atoms with Gasteiger partial charge in [-0.3, -0.25) is 4.57 Å². The van der Waals surface area contributed by atoms with Gasteiger partial charge >= 0.3 is 0 Å². The van der Waals surface area contributed by atoms with E-state index in [1.54, 1.807) is 6.07 Å². The second-order valence-electron chi connectivity index (χ2n) is 4.37. The highest BCUT2D eigenvalue weighted by Gasteiger charge is 2.10. The lowest BCUT2D eigenvalue weighted by Crippen LogP contribution is -2.01. The summed E-state index contributed by atoms with van der Waals surface area (Å²) in [5.41, 5.74) is 8.63. The number of nitrogens with zero attached hydrogens (tertiary/aromatic N) is 2. The van der Waals surface area contributed by atoms with Gasteiger partial charge in [0.1, 0.15) is 5.75 Å². The van der Waals surface area contributed by atoms with E-state index in [0.717, 1.165) is 22.5 Å². The van der Waals surface area contributed by atoms with Crippen LogP contribution in [0.2, 0.25) is 5.02 Å². The van der Waals surface area contributed by atoms with E-state index in [-0.39, 0.29) is 0 Å². The van der Waals surface area contributed by atoms with Crippen LogP contribution in [0.1, 0.15) is 6.92 Å². The van der Waals surface area contributed by atoms with Crippen molar-refractivity contribution in [3.05, 3.63) is 47.5 Å². The van der Waals surface area contributed by atoms with Crippen LogP contribution in [0, 0.1) is 0 Å². The Hall–Kier alpha value is -2.20. The van der Waals surface area contributed by atoms with E-state index in [1.165, 1.54) is 0 Å². The van der Waals surface area contributed by atoms with Crippen LogP contribution in [-0.4, -0.2) is 16.2 Å². The molecule has 1 heterocycles. The van der Waals surface area contributed by atoms with E-state index in [1.807, 2.05) is 47.9 Å². The molecule has 0 aliphatic carbocycles. The number of fused-ring (bicyclic) bond motifs is 1. The predicted octanol–water partition coefficient (Wildman–Crippen LogP) is 3.66. The molecule has 5 heteroatoms. The first-order valence-electron chi connectivity index (χ1n) is 6.35. The van der Waals surface area contributed by atoms with Gasteiger partial charge in [0.15, 0.2) is 0 Å². The fourth-order valence-electron chi connectivity index (χ4n) is 2.22. The molecule has 0 unspecified atom stereocenters. The quantitative estimate of drug-likeness (QED) is 0.800. The average Bonchev–Trinajstić information content (AvgIpc) is 2.74. The van der Waals surface area contributed by atoms with Gasteiger partial charge in [0, 0.05) is 11.1 Å². The van der Waals surface area contributed by atoms with Crippen molar-refractivity contribution < 1.29 is 4.74 Å². The van der Waals surface area contributed by atoms with E-state index in [9.17, 15) is 0 Å². The Morgan fingerprint density at radius 3 is 2.90 bits per heavy atom. The Bertz CT molecular complexity index is 767. The van der Waals surface area contributed by atoms with Gasteiger partial charge in [0.2, 0.25) is 5.95 Å². The fourth-order valence-corrected chi connectivity index (χ4v) is 2.39. The van der Waals surface area contributed by atoms with Crippen molar-refractivity contribution in [1.29, 1.82) is 0 Å². The molecule has 0 spiro atoms. The van der Waals surface area contributed by atoms with Crippen molar-refractivity contribution in [2.24, 2.45) is 0 Å². The summed E-state index contributed by atoms with van der Waals surface area (Å²) in [5, 5.41) is 0.644. The number of imidazole rings is 1. The summed E-state index contributed by atoms with van der Waals surface area (Å²) in [4.78, 5) is 4.34. The molecule has 3 aromatic rings. The molecule has 2 N–H and O–H groups in total. The van der Waals surface area contributed by atoms with Crippen LogP contribution in [-0.2, 0) is 0 Å². The third-order valence-electron chi connectivity index (χ3n) is 3.03. The lowest BCUT2D eigenvalue weighted by molar-refractivity contribution is 0.340. The smallest absolute Gasteiger partial charge is 0.205 e. The minimum Gasteiger partial charge on any atom is -0.494 e. The molecule has 0 saturated heterocycles. The van der Waals surface area contributed by atoms with E-state index in [2.05, 4.69) is 4.98 Å². The van der Waals surface area contributed by atoms with Crippen LogP contribution < -0.4 is 10.5 Å². The van der Waals surface area contributed by atoms with Crippen molar-refractivity contribution in [1.82, 2.24) is 9.55 Å². The van der Waals surface area contributed by atoms with Crippen molar-refractivity contribution in [2.45, 2.75) is 6.92 Å². The largest absolute Gasteiger partial charge is 0.494 e. The molecule has 0 aliphatic heterocycles. The van der Waals surface area contributed by atoms with Gasteiger partial charge in [0.25, 0.3) is 0 Å². The van der Waals surface area contributed by atoms with E-state index >= 15 is 0 Å². The zero-order valence-electron chi connectivity index (χ0n) is 11.0. The molecule has 0 amide bonds. The predicted molar refractivity (Wildman–Crippen MR) is 81.7 cm³/mol. The van der Waals surface area contributed by atoms with Crippen molar-refractivity contribution in [2.75, 3.05) is 12.3 Å². The van der Waals surface area contributed by atoms with Crippen LogP contribution in [0.5, 0.6) is 5.75 Å². The molecule has 0 atom stereocenters. The Morgan fingerprint density at radius 2 is 2.10 bits per heavy atom. The normalized spacial score (nSPS) is 10.9. The van der Waals surface area contributed by atoms with Crippen LogP contribution in [0.25, 0.3) is 16.7 Å². The minimum atomic E-state index is 0.427. The summed E-state index contributed by atoms with van der Waals surface area (Å²) < 4.78 is 7.40. The van der Waals surface area contributed by atoms with Gasteiger partial charge < -0.3 is 10.5 Å². The van der Waals surface area contributed by atoms with Crippen molar-refractivity contribution >= 4 is 28.6 Å². The third-order valence-corrected chi connectivity index (χ3v) is 3.26. The first kappa shape index (κ1) is 12.8. The molecular weight excluding hydrogens is 274 g/mol. The number of nitrogens with two attached hydrogens (primary N) is 1. The van der Waals surface area contributed by atoms with Gasteiger partial charge in [-0.2, -0.15) is 0 Å². The standard InChI is InChI=1S/C15H14ClN3O/c1-2-20-12-5-3-4-11(9-12)19-14-7-6-10(16)8-13(14)18-15(19)17/h3-9H,2H2,1H3,(H2,17,18). The SMILES string of the molecule is CCOc1cccc(-n2c(N)nc3cc(Cl)ccc32)c1. The number of aromatic nitrogens is 2. The molecule has 0 saturated carbocycles. The summed E-state index contributed by atoms with van der Waals surface area (Å²) in [6.07, 6.45) is 0. The number of rotatable bonds is 3. The minimum absolute atomic E-state index is 0.427. The Morgan fingerprint density at radius 1 is 1.25 bits per heavy atom. The highest BCUT2D eigenvalue weighted by Crippen LogP contribution is 2.27. The number of ether oxygens (including phenoxy) is 1. The Balaban J connectivity index is 2.18. The van der Waals surface area contributed by atoms with Gasteiger partial charge in [0.05, 0.1) is 23.3 Å². The lowest BCUT2D eigenvalue weighted by Gasteiger charge is -2.09. The molecule has 0 aliphatic rings. The maximum absolute atomic E-state index is 6.03. The second kappa shape index (κ2) is 5.06. The van der Waals surface area contributed by atoms with Crippen LogP contribution in [0.15, 0.2) is 42.5 Å². The zero-order valence-corrected chi connectivity index (χ0v) is 11.8. The molecule has 1 aromatic heterocycles. The Kier molecular flexibility index (Phi) is 3.24. The lowest BCUT2D eigenvalue weighted by atomic mass is 10.2. The summed E-state index contributed by atoms with van der Waals surface area (Å²) in [5.74, 6) is 1.23. The first-order chi connectivity index (χ1) is 9.69. The molecule has 20 heavy (non-hydrogen) atoms. The van der Waals surface area contributed by atoms with Gasteiger partial charge in [-0.1, -0.05) is 17.7 Å². The highest BCUT2D eigenvalue weighted by molar-refractivity contribution is 6.31. The first-order valence-corrected chi connectivity index (χ1v) is 6.73. The van der Waals surface area contributed by atoms with Gasteiger partial charge in [-0.05, 0) is 37.3 Å². The van der Waals surface area contributed by atoms with Crippen molar-refractivity contribution in [3.8, 4) is 11.4 Å². The van der Waals surface area contributed by atoms with Crippen molar-refractivity contribution in [3.63, 3.8) is 0 Å². The molecule has 2 aromatic carbocycles. The second-order valence-corrected chi connectivity index (χ2v) is 4.81. The summed E-state index contributed by atoms with van der Waals surface area (Å²) in [6.45, 7) is 2.58. The maximum Gasteiger partial charge on any atom is 0.205 e. The van der Waals surface area contributed by atoms with Crippen LogP contribution in [0.4, 0.5) is 5.95 Å². The number of halogens is 1. The van der Waals surface area contributed by atoms with E-state index in [4.69, 9.17) is 22.1 Å². The average molecular weight is 288 g/mol. The van der Waals surface area contributed by atoms with E-state index < -0.39 is 0 Å². The summed E-state index contributed by atoms with van der Waals surface area (Å²) >= 11 is 5.98. The molecule has 102 valence electrons. The van der Waals surface area contributed by atoms with E-state index in [0.29, 0.717) is 17.6 Å². The summed E-state index contributed by atoms with van der Waals surface area (Å²) in [7, 11) is 0. The van der Waals surface area contributed by atoms with Crippen LogP contribution >= 0.6 is 11.6 Å². The van der Waals surface area contributed by atoms with Gasteiger partial charge in [-0.15, -0.1) is 0 Å². The molecule has 0 radical (unpaired) electrons. The number of hydrogen-bond acceptors (Lipinski definition) is 3. The fraction of sp³-hybridized carbons (Fsp3) is 0.133. The topological polar surface area (TPSA) is 53.1 Å².